The molecule has 33 heavy (non-hydrogen) atoms. The summed E-state index contributed by atoms with van der Waals surface area (Å²) in [6.45, 7) is 13.4. The largest absolute Gasteiger partial charge is 0.465 e. The number of fused-ring (bicyclic) bond motifs is 1. The van der Waals surface area contributed by atoms with Crippen LogP contribution in [0.2, 0.25) is 18.1 Å². The zero-order chi connectivity index (χ0) is 23.8. The molecule has 6 heteroatoms. The second kappa shape index (κ2) is 9.24. The first-order valence-electron chi connectivity index (χ1n) is 12.1. The van der Waals surface area contributed by atoms with E-state index in [9.17, 15) is 9.90 Å². The molecule has 1 N–H and O–H groups in total. The van der Waals surface area contributed by atoms with Gasteiger partial charge in [0.2, 0.25) is 0 Å². The van der Waals surface area contributed by atoms with Crippen LogP contribution in [0.3, 0.4) is 0 Å². The lowest BCUT2D eigenvalue weighted by Crippen LogP contribution is -2.59. The van der Waals surface area contributed by atoms with E-state index in [1.54, 1.807) is 4.90 Å². The van der Waals surface area contributed by atoms with E-state index in [0.29, 0.717) is 13.1 Å². The van der Waals surface area contributed by atoms with Crippen LogP contribution in [0.5, 0.6) is 0 Å². The van der Waals surface area contributed by atoms with Crippen LogP contribution in [0, 0.1) is 0 Å². The van der Waals surface area contributed by atoms with Crippen LogP contribution < -0.4 is 0 Å². The van der Waals surface area contributed by atoms with Crippen LogP contribution in [0.4, 0.5) is 4.79 Å². The average molecular weight is 467 g/mol. The highest BCUT2D eigenvalue weighted by Gasteiger charge is 2.48. The average Bonchev–Trinajstić information content (AvgIpc) is 3.16. The first-order chi connectivity index (χ1) is 15.6. The van der Waals surface area contributed by atoms with E-state index in [0.717, 1.165) is 13.0 Å². The molecule has 0 aliphatic carbocycles. The molecule has 2 saturated heterocycles. The number of benzene rings is 2. The third kappa shape index (κ3) is 5.03. The quantitative estimate of drug-likeness (QED) is 0.579. The molecule has 0 aromatic heterocycles. The Balaban J connectivity index is 1.68. The Labute approximate surface area is 199 Å². The van der Waals surface area contributed by atoms with Crippen molar-refractivity contribution in [3.8, 4) is 0 Å². The van der Waals surface area contributed by atoms with Crippen molar-refractivity contribution < 1.29 is 14.3 Å². The van der Waals surface area contributed by atoms with Crippen LogP contribution >= 0.6 is 0 Å². The lowest BCUT2D eigenvalue weighted by atomic mass is 9.82. The maximum Gasteiger partial charge on any atom is 0.407 e. The van der Waals surface area contributed by atoms with Gasteiger partial charge in [-0.05, 0) is 35.7 Å². The van der Waals surface area contributed by atoms with E-state index in [-0.39, 0.29) is 29.1 Å². The summed E-state index contributed by atoms with van der Waals surface area (Å²) in [4.78, 5) is 16.3. The van der Waals surface area contributed by atoms with Crippen LogP contribution in [-0.2, 0) is 4.43 Å². The molecule has 0 saturated carbocycles. The Bertz CT molecular complexity index is 905. The summed E-state index contributed by atoms with van der Waals surface area (Å²) in [5, 5.41) is 10.1. The summed E-state index contributed by atoms with van der Waals surface area (Å²) in [6, 6.07) is 21.3. The van der Waals surface area contributed by atoms with Gasteiger partial charge < -0.3 is 14.4 Å². The van der Waals surface area contributed by atoms with Crippen molar-refractivity contribution in [3.63, 3.8) is 0 Å². The monoisotopic (exact) mass is 466 g/mol. The number of hydrogen-bond acceptors (Lipinski definition) is 3. The number of carboxylic acid groups (broad SMARTS) is 1. The van der Waals surface area contributed by atoms with Gasteiger partial charge in [-0.2, -0.15) is 0 Å². The summed E-state index contributed by atoms with van der Waals surface area (Å²) < 4.78 is 6.82. The molecule has 0 radical (unpaired) electrons. The van der Waals surface area contributed by atoms with Crippen molar-refractivity contribution >= 4 is 14.4 Å². The molecular formula is C27H38N2O3Si. The molecule has 2 aliphatic rings. The van der Waals surface area contributed by atoms with E-state index in [2.05, 4.69) is 87.3 Å². The summed E-state index contributed by atoms with van der Waals surface area (Å²) in [6.07, 6.45) is 0.218. The molecule has 2 aromatic rings. The third-order valence-corrected chi connectivity index (χ3v) is 12.5. The fourth-order valence-electron chi connectivity index (χ4n) is 5.23. The van der Waals surface area contributed by atoms with Gasteiger partial charge in [0.15, 0.2) is 8.32 Å². The number of carbonyl (C=O) groups is 1. The summed E-state index contributed by atoms with van der Waals surface area (Å²) in [5.74, 6) is 0.101. The first kappa shape index (κ1) is 24.0. The molecule has 2 aromatic carbocycles. The molecule has 4 rings (SSSR count). The second-order valence-corrected chi connectivity index (χ2v) is 15.9. The van der Waals surface area contributed by atoms with Crippen molar-refractivity contribution in [2.75, 3.05) is 19.6 Å². The molecule has 5 nitrogen and oxygen atoms in total. The van der Waals surface area contributed by atoms with E-state index in [1.807, 2.05) is 12.1 Å². The normalized spacial score (nSPS) is 24.2. The van der Waals surface area contributed by atoms with Crippen molar-refractivity contribution in [2.45, 2.75) is 69.4 Å². The van der Waals surface area contributed by atoms with Crippen molar-refractivity contribution in [1.29, 1.82) is 0 Å². The Hall–Kier alpha value is -2.15. The maximum absolute atomic E-state index is 12.1. The molecular weight excluding hydrogens is 428 g/mol. The van der Waals surface area contributed by atoms with E-state index in [4.69, 9.17) is 4.43 Å². The Kier molecular flexibility index (Phi) is 6.72. The zero-order valence-corrected chi connectivity index (χ0v) is 21.6. The molecule has 2 aliphatic heterocycles. The van der Waals surface area contributed by atoms with Crippen LogP contribution in [0.1, 0.15) is 44.2 Å². The molecule has 2 heterocycles. The second-order valence-electron chi connectivity index (χ2n) is 11.1. The van der Waals surface area contributed by atoms with Gasteiger partial charge >= 0.3 is 6.09 Å². The Morgan fingerprint density at radius 2 is 1.52 bits per heavy atom. The predicted molar refractivity (Wildman–Crippen MR) is 135 cm³/mol. The molecule has 178 valence electrons. The smallest absolute Gasteiger partial charge is 0.407 e. The van der Waals surface area contributed by atoms with E-state index in [1.165, 1.54) is 11.1 Å². The van der Waals surface area contributed by atoms with Gasteiger partial charge in [-0.25, -0.2) is 4.79 Å². The predicted octanol–water partition coefficient (Wildman–Crippen LogP) is 5.65. The van der Waals surface area contributed by atoms with E-state index < -0.39 is 14.4 Å². The fraction of sp³-hybridized carbons (Fsp3) is 0.519. The van der Waals surface area contributed by atoms with Crippen molar-refractivity contribution in [3.05, 3.63) is 71.8 Å². The highest BCUT2D eigenvalue weighted by Crippen LogP contribution is 2.42. The molecule has 3 atom stereocenters. The van der Waals surface area contributed by atoms with Gasteiger partial charge in [-0.15, -0.1) is 0 Å². The standard InChI is InChI=1S/C27H38N2O3Si/c1-27(2,3)33(4,5)32-23-16-22-17-28(26(30)31)19-24(29(22)18-23)25(20-12-8-6-9-13-20)21-14-10-7-11-15-21/h6-15,22-25H,16-19H2,1-5H3,(H,30,31)/t22-,23+,24?/m0/s1. The minimum absolute atomic E-state index is 0.0673. The summed E-state index contributed by atoms with van der Waals surface area (Å²) in [5.41, 5.74) is 2.46. The zero-order valence-electron chi connectivity index (χ0n) is 20.6. The number of piperazine rings is 1. The lowest BCUT2D eigenvalue weighted by Gasteiger charge is -2.46. The minimum atomic E-state index is -1.91. The third-order valence-electron chi connectivity index (χ3n) is 7.92. The highest BCUT2D eigenvalue weighted by atomic mass is 28.4. The number of hydrogen-bond donors (Lipinski definition) is 1. The molecule has 0 bridgehead atoms. The number of rotatable bonds is 5. The number of amides is 1. The maximum atomic E-state index is 12.1. The summed E-state index contributed by atoms with van der Waals surface area (Å²) in [7, 11) is -1.91. The van der Waals surface area contributed by atoms with Gasteiger partial charge in [-0.1, -0.05) is 81.4 Å². The van der Waals surface area contributed by atoms with Crippen LogP contribution in [0.25, 0.3) is 0 Å². The van der Waals surface area contributed by atoms with Crippen LogP contribution in [0.15, 0.2) is 60.7 Å². The highest BCUT2D eigenvalue weighted by molar-refractivity contribution is 6.74. The van der Waals surface area contributed by atoms with Gasteiger partial charge in [0.25, 0.3) is 0 Å². The van der Waals surface area contributed by atoms with Crippen LogP contribution in [-0.4, -0.2) is 67.1 Å². The first-order valence-corrected chi connectivity index (χ1v) is 15.0. The van der Waals surface area contributed by atoms with Gasteiger partial charge in [0, 0.05) is 37.6 Å². The fourth-order valence-corrected chi connectivity index (χ4v) is 6.59. The topological polar surface area (TPSA) is 53.0 Å². The Morgan fingerprint density at radius 3 is 2.00 bits per heavy atom. The lowest BCUT2D eigenvalue weighted by molar-refractivity contribution is 0.0414. The van der Waals surface area contributed by atoms with Gasteiger partial charge in [0.05, 0.1) is 6.10 Å². The van der Waals surface area contributed by atoms with Gasteiger partial charge in [0.1, 0.15) is 0 Å². The van der Waals surface area contributed by atoms with E-state index >= 15 is 0 Å². The minimum Gasteiger partial charge on any atom is -0.465 e. The van der Waals surface area contributed by atoms with Crippen molar-refractivity contribution in [1.82, 2.24) is 9.80 Å². The Morgan fingerprint density at radius 1 is 0.970 bits per heavy atom. The summed E-state index contributed by atoms with van der Waals surface area (Å²) >= 11 is 0. The number of nitrogens with zero attached hydrogens (tertiary/aromatic N) is 2. The molecule has 1 unspecified atom stereocenters. The van der Waals surface area contributed by atoms with Gasteiger partial charge in [-0.3, -0.25) is 4.90 Å². The van der Waals surface area contributed by atoms with Crippen molar-refractivity contribution in [2.24, 2.45) is 0 Å². The SMILES string of the molecule is CC(C)(C)[Si](C)(C)O[C@@H]1C[C@H]2CN(C(=O)O)CC(C(c3ccccc3)c3ccccc3)N2C1. The molecule has 0 spiro atoms. The molecule has 2 fully saturated rings. The molecule has 1 amide bonds.